The largest absolute Gasteiger partial charge is 0.465 e. The van der Waals surface area contributed by atoms with Crippen molar-refractivity contribution < 1.29 is 28.8 Å². The Labute approximate surface area is 135 Å². The summed E-state index contributed by atoms with van der Waals surface area (Å²) in [5.74, 6) is -3.46. The van der Waals surface area contributed by atoms with Gasteiger partial charge < -0.3 is 9.57 Å². The molecule has 9 heteroatoms. The van der Waals surface area contributed by atoms with E-state index in [1.54, 1.807) is 12.1 Å². The SMILES string of the molecule is COC(=O)c1c(C(=O)ON2C(=O)c3ccccc3C2=O)n[nH]c1C. The smallest absolute Gasteiger partial charge is 0.384 e. The molecule has 1 aliphatic rings. The van der Waals surface area contributed by atoms with Crippen LogP contribution in [0.3, 0.4) is 0 Å². The number of carbonyl (C=O) groups is 4. The number of nitrogens with one attached hydrogen (secondary N) is 1. The van der Waals surface area contributed by atoms with Crippen molar-refractivity contribution in [2.75, 3.05) is 7.11 Å². The van der Waals surface area contributed by atoms with E-state index in [1.807, 2.05) is 0 Å². The van der Waals surface area contributed by atoms with Gasteiger partial charge in [-0.05, 0) is 19.1 Å². The van der Waals surface area contributed by atoms with Gasteiger partial charge in [0.25, 0.3) is 11.8 Å². The molecular weight excluding hydrogens is 318 g/mol. The summed E-state index contributed by atoms with van der Waals surface area (Å²) >= 11 is 0. The molecule has 0 radical (unpaired) electrons. The molecule has 1 N–H and O–H groups in total. The molecule has 0 unspecified atom stereocenters. The number of H-pyrrole nitrogens is 1. The van der Waals surface area contributed by atoms with Crippen LogP contribution in [0.2, 0.25) is 0 Å². The van der Waals surface area contributed by atoms with Crippen molar-refractivity contribution >= 4 is 23.8 Å². The summed E-state index contributed by atoms with van der Waals surface area (Å²) in [6.07, 6.45) is 0. The molecular formula is C15H11N3O6. The zero-order valence-corrected chi connectivity index (χ0v) is 12.7. The molecule has 24 heavy (non-hydrogen) atoms. The minimum absolute atomic E-state index is 0.126. The first-order valence-corrected chi connectivity index (χ1v) is 6.79. The molecule has 1 aliphatic heterocycles. The van der Waals surface area contributed by atoms with Crippen molar-refractivity contribution in [1.82, 2.24) is 15.3 Å². The van der Waals surface area contributed by atoms with E-state index in [0.29, 0.717) is 5.06 Å². The highest BCUT2D eigenvalue weighted by atomic mass is 16.7. The van der Waals surface area contributed by atoms with Crippen LogP contribution in [0, 0.1) is 6.92 Å². The number of ether oxygens (including phenoxy) is 1. The van der Waals surface area contributed by atoms with Crippen LogP contribution in [-0.4, -0.2) is 46.1 Å². The topological polar surface area (TPSA) is 119 Å². The summed E-state index contributed by atoms with van der Waals surface area (Å²) in [5, 5.41) is 6.48. The summed E-state index contributed by atoms with van der Waals surface area (Å²) in [5.41, 5.74) is 0.0366. The van der Waals surface area contributed by atoms with Crippen molar-refractivity contribution in [2.24, 2.45) is 0 Å². The molecule has 2 heterocycles. The molecule has 2 aromatic rings. The number of imide groups is 1. The second-order valence-electron chi connectivity index (χ2n) is 4.89. The number of methoxy groups -OCH3 is 1. The maximum absolute atomic E-state index is 12.2. The lowest BCUT2D eigenvalue weighted by Crippen LogP contribution is -2.33. The average molecular weight is 329 g/mol. The Bertz CT molecular complexity index is 850. The summed E-state index contributed by atoms with van der Waals surface area (Å²) in [6.45, 7) is 1.51. The average Bonchev–Trinajstić information content (AvgIpc) is 3.08. The molecule has 0 aliphatic carbocycles. The summed E-state index contributed by atoms with van der Waals surface area (Å²) in [6, 6.07) is 6.06. The molecule has 122 valence electrons. The van der Waals surface area contributed by atoms with Crippen LogP contribution >= 0.6 is 0 Å². The highest BCUT2D eigenvalue weighted by Crippen LogP contribution is 2.24. The van der Waals surface area contributed by atoms with Crippen molar-refractivity contribution in [2.45, 2.75) is 6.92 Å². The lowest BCUT2D eigenvalue weighted by atomic mass is 10.1. The number of hydroxylamine groups is 2. The molecule has 1 aromatic carbocycles. The van der Waals surface area contributed by atoms with E-state index in [9.17, 15) is 19.2 Å². The van der Waals surface area contributed by atoms with Gasteiger partial charge in [0.05, 0.1) is 18.2 Å². The molecule has 0 atom stereocenters. The number of carbonyl (C=O) groups excluding carboxylic acids is 4. The predicted molar refractivity (Wildman–Crippen MR) is 77.0 cm³/mol. The summed E-state index contributed by atoms with van der Waals surface area (Å²) < 4.78 is 4.57. The molecule has 0 saturated heterocycles. The van der Waals surface area contributed by atoms with Gasteiger partial charge in [0.2, 0.25) is 0 Å². The van der Waals surface area contributed by atoms with Gasteiger partial charge in [0, 0.05) is 5.69 Å². The number of amides is 2. The van der Waals surface area contributed by atoms with E-state index in [4.69, 9.17) is 4.84 Å². The van der Waals surface area contributed by atoms with Gasteiger partial charge in [0.15, 0.2) is 5.69 Å². The Morgan fingerprint density at radius 2 is 1.67 bits per heavy atom. The van der Waals surface area contributed by atoms with Crippen LogP contribution in [0.1, 0.15) is 47.3 Å². The normalized spacial score (nSPS) is 13.0. The van der Waals surface area contributed by atoms with Gasteiger partial charge in [-0.1, -0.05) is 17.2 Å². The molecule has 9 nitrogen and oxygen atoms in total. The number of aromatic nitrogens is 2. The highest BCUT2D eigenvalue weighted by molar-refractivity contribution is 6.21. The summed E-state index contributed by atoms with van der Waals surface area (Å²) in [4.78, 5) is 53.1. The second kappa shape index (κ2) is 5.61. The van der Waals surface area contributed by atoms with Crippen molar-refractivity contribution in [3.05, 3.63) is 52.3 Å². The van der Waals surface area contributed by atoms with Gasteiger partial charge in [-0.15, -0.1) is 0 Å². The van der Waals surface area contributed by atoms with Crippen molar-refractivity contribution in [3.63, 3.8) is 0 Å². The maximum atomic E-state index is 12.2. The van der Waals surface area contributed by atoms with E-state index in [0.717, 1.165) is 7.11 Å². The lowest BCUT2D eigenvalue weighted by molar-refractivity contribution is -0.0589. The Morgan fingerprint density at radius 3 is 2.21 bits per heavy atom. The quantitative estimate of drug-likeness (QED) is 0.655. The van der Waals surface area contributed by atoms with E-state index in [1.165, 1.54) is 19.1 Å². The number of benzene rings is 1. The zero-order chi connectivity index (χ0) is 17.4. The number of esters is 1. The number of aromatic amines is 1. The first kappa shape index (κ1) is 15.4. The number of hydrogen-bond donors (Lipinski definition) is 1. The minimum Gasteiger partial charge on any atom is -0.465 e. The second-order valence-corrected chi connectivity index (χ2v) is 4.89. The van der Waals surface area contributed by atoms with E-state index in [-0.39, 0.29) is 28.1 Å². The Kier molecular flexibility index (Phi) is 3.60. The molecule has 0 spiro atoms. The van der Waals surface area contributed by atoms with Crippen molar-refractivity contribution in [1.29, 1.82) is 0 Å². The molecule has 0 bridgehead atoms. The minimum atomic E-state index is -1.13. The Balaban J connectivity index is 1.89. The van der Waals surface area contributed by atoms with Gasteiger partial charge in [-0.3, -0.25) is 14.7 Å². The van der Waals surface area contributed by atoms with E-state index >= 15 is 0 Å². The Hall–Kier alpha value is -3.49. The third kappa shape index (κ3) is 2.22. The van der Waals surface area contributed by atoms with E-state index < -0.39 is 23.8 Å². The zero-order valence-electron chi connectivity index (χ0n) is 12.7. The van der Waals surface area contributed by atoms with Gasteiger partial charge in [-0.2, -0.15) is 5.10 Å². The Morgan fingerprint density at radius 1 is 1.08 bits per heavy atom. The number of hydrogen-bond acceptors (Lipinski definition) is 7. The van der Waals surface area contributed by atoms with Crippen LogP contribution in [0.15, 0.2) is 24.3 Å². The van der Waals surface area contributed by atoms with Gasteiger partial charge in [0.1, 0.15) is 5.56 Å². The van der Waals surface area contributed by atoms with Crippen LogP contribution < -0.4 is 0 Å². The fourth-order valence-corrected chi connectivity index (χ4v) is 2.30. The van der Waals surface area contributed by atoms with Gasteiger partial charge in [-0.25, -0.2) is 9.59 Å². The van der Waals surface area contributed by atoms with Crippen LogP contribution in [0.25, 0.3) is 0 Å². The first-order valence-electron chi connectivity index (χ1n) is 6.79. The van der Waals surface area contributed by atoms with Crippen LogP contribution in [-0.2, 0) is 9.57 Å². The van der Waals surface area contributed by atoms with Crippen LogP contribution in [0.4, 0.5) is 0 Å². The standard InChI is InChI=1S/C15H11N3O6/c1-7-10(14(21)23-2)11(17-16-7)15(22)24-18-12(19)8-5-3-4-6-9(8)13(18)20/h3-6H,1-2H3,(H,16,17). The molecule has 2 amide bonds. The van der Waals surface area contributed by atoms with Gasteiger partial charge >= 0.3 is 11.9 Å². The predicted octanol–water partition coefficient (Wildman–Crippen LogP) is 0.873. The highest BCUT2D eigenvalue weighted by Gasteiger charge is 2.40. The number of nitrogens with zero attached hydrogens (tertiary/aromatic N) is 2. The number of rotatable bonds is 3. The third-order valence-electron chi connectivity index (χ3n) is 3.46. The molecule has 0 saturated carbocycles. The number of fused-ring (bicyclic) bond motifs is 1. The third-order valence-corrected chi connectivity index (χ3v) is 3.46. The van der Waals surface area contributed by atoms with Crippen molar-refractivity contribution in [3.8, 4) is 0 Å². The fraction of sp³-hybridized carbons (Fsp3) is 0.133. The van der Waals surface area contributed by atoms with Crippen LogP contribution in [0.5, 0.6) is 0 Å². The molecule has 3 rings (SSSR count). The summed E-state index contributed by atoms with van der Waals surface area (Å²) in [7, 11) is 1.15. The monoisotopic (exact) mass is 329 g/mol. The fourth-order valence-electron chi connectivity index (χ4n) is 2.30. The molecule has 1 aromatic heterocycles. The van der Waals surface area contributed by atoms with E-state index in [2.05, 4.69) is 14.9 Å². The maximum Gasteiger partial charge on any atom is 0.384 e. The first-order chi connectivity index (χ1) is 11.5. The lowest BCUT2D eigenvalue weighted by Gasteiger charge is -2.12. The number of aryl methyl sites for hydroxylation is 1. The molecule has 0 fully saturated rings.